The molecule has 0 amide bonds. The molecule has 0 aromatic heterocycles. The number of rotatable bonds is 2. The van der Waals surface area contributed by atoms with E-state index in [-0.39, 0.29) is 10.6 Å². The van der Waals surface area contributed by atoms with Gasteiger partial charge in [-0.2, -0.15) is 4.99 Å². The summed E-state index contributed by atoms with van der Waals surface area (Å²) >= 11 is 5.82. The Morgan fingerprint density at radius 2 is 2.20 bits per heavy atom. The van der Waals surface area contributed by atoms with E-state index in [0.717, 1.165) is 0 Å². The maximum atomic E-state index is 11.2. The van der Waals surface area contributed by atoms with Crippen LogP contribution in [-0.4, -0.2) is 19.2 Å². The monoisotopic (exact) mass is 225 g/mol. The number of methoxy groups -OCH3 is 1. The molecule has 0 spiro atoms. The van der Waals surface area contributed by atoms with Gasteiger partial charge in [0.15, 0.2) is 0 Å². The van der Waals surface area contributed by atoms with Crippen molar-refractivity contribution in [2.45, 2.75) is 6.92 Å². The van der Waals surface area contributed by atoms with E-state index in [1.165, 1.54) is 25.3 Å². The summed E-state index contributed by atoms with van der Waals surface area (Å²) in [4.78, 5) is 24.8. The zero-order valence-electron chi connectivity index (χ0n) is 8.20. The number of aliphatic imine (C=N–C) groups is 1. The Bertz CT molecular complexity index is 450. The molecule has 1 rings (SSSR count). The first kappa shape index (κ1) is 11.4. The van der Waals surface area contributed by atoms with Crippen LogP contribution in [0, 0.1) is 6.92 Å². The van der Waals surface area contributed by atoms with Gasteiger partial charge in [-0.05, 0) is 24.6 Å². The molecule has 0 atom stereocenters. The smallest absolute Gasteiger partial charge is 0.339 e. The number of ether oxygens (including phenoxy) is 1. The molecule has 4 nitrogen and oxygen atoms in total. The molecule has 0 saturated heterocycles. The van der Waals surface area contributed by atoms with Gasteiger partial charge in [-0.25, -0.2) is 9.59 Å². The molecule has 0 aliphatic heterocycles. The number of carbonyl (C=O) groups is 1. The summed E-state index contributed by atoms with van der Waals surface area (Å²) in [6, 6.07) is 2.94. The Morgan fingerprint density at radius 3 is 2.73 bits per heavy atom. The third kappa shape index (κ3) is 2.43. The lowest BCUT2D eigenvalue weighted by Gasteiger charge is -2.05. The molecular formula is C10H8ClNO3. The third-order valence-electron chi connectivity index (χ3n) is 1.86. The fraction of sp³-hybridized carbons (Fsp3) is 0.200. The van der Waals surface area contributed by atoms with Gasteiger partial charge < -0.3 is 4.74 Å². The van der Waals surface area contributed by atoms with Crippen LogP contribution in [0.15, 0.2) is 17.1 Å². The molecule has 0 fully saturated rings. The van der Waals surface area contributed by atoms with Gasteiger partial charge in [-0.15, -0.1) is 0 Å². The van der Waals surface area contributed by atoms with Crippen molar-refractivity contribution in [3.05, 3.63) is 28.3 Å². The van der Waals surface area contributed by atoms with Crippen LogP contribution in [0.4, 0.5) is 5.69 Å². The van der Waals surface area contributed by atoms with Crippen LogP contribution in [0.1, 0.15) is 15.9 Å². The number of aryl methyl sites for hydroxylation is 1. The SMILES string of the molecule is COC(=O)c1cc(C)c(N=C=O)cc1Cl. The molecule has 78 valence electrons. The molecule has 0 unspecified atom stereocenters. The van der Waals surface area contributed by atoms with Crippen LogP contribution >= 0.6 is 11.6 Å². The summed E-state index contributed by atoms with van der Waals surface area (Å²) in [5.74, 6) is -0.523. The van der Waals surface area contributed by atoms with Crippen LogP contribution < -0.4 is 0 Å². The number of hydrogen-bond acceptors (Lipinski definition) is 4. The summed E-state index contributed by atoms with van der Waals surface area (Å²) in [5, 5.41) is 0.196. The molecule has 5 heteroatoms. The van der Waals surface area contributed by atoms with Gasteiger partial charge in [0.2, 0.25) is 6.08 Å². The molecule has 0 radical (unpaired) electrons. The molecule has 0 aliphatic carbocycles. The molecule has 0 N–H and O–H groups in total. The number of carbonyl (C=O) groups excluding carboxylic acids is 2. The van der Waals surface area contributed by atoms with Crippen LogP contribution in [0.25, 0.3) is 0 Å². The van der Waals surface area contributed by atoms with Crippen LogP contribution in [0.2, 0.25) is 5.02 Å². The van der Waals surface area contributed by atoms with Gasteiger partial charge in [-0.1, -0.05) is 11.6 Å². The summed E-state index contributed by atoms with van der Waals surface area (Å²) in [6.07, 6.45) is 1.41. The molecule has 1 aromatic carbocycles. The summed E-state index contributed by atoms with van der Waals surface area (Å²) in [5.41, 5.74) is 1.30. The van der Waals surface area contributed by atoms with Gasteiger partial charge in [0.1, 0.15) is 0 Å². The van der Waals surface area contributed by atoms with E-state index in [1.807, 2.05) is 0 Å². The summed E-state index contributed by atoms with van der Waals surface area (Å²) in [6.45, 7) is 1.71. The second-order valence-corrected chi connectivity index (χ2v) is 3.22. The molecule has 0 heterocycles. The quantitative estimate of drug-likeness (QED) is 0.441. The van der Waals surface area contributed by atoms with Crippen LogP contribution in [0.5, 0.6) is 0 Å². The van der Waals surface area contributed by atoms with Crippen LogP contribution in [0.3, 0.4) is 0 Å². The van der Waals surface area contributed by atoms with Crippen molar-refractivity contribution < 1.29 is 14.3 Å². The van der Waals surface area contributed by atoms with Crippen molar-refractivity contribution in [3.8, 4) is 0 Å². The van der Waals surface area contributed by atoms with Gasteiger partial charge in [0.25, 0.3) is 0 Å². The third-order valence-corrected chi connectivity index (χ3v) is 2.17. The van der Waals surface area contributed by atoms with E-state index in [0.29, 0.717) is 11.3 Å². The largest absolute Gasteiger partial charge is 0.465 e. The first-order valence-corrected chi connectivity index (χ1v) is 4.44. The van der Waals surface area contributed by atoms with E-state index >= 15 is 0 Å². The van der Waals surface area contributed by atoms with Crippen molar-refractivity contribution in [2.75, 3.05) is 7.11 Å². The number of hydrogen-bond donors (Lipinski definition) is 0. The Labute approximate surface area is 91.5 Å². The van der Waals surface area contributed by atoms with E-state index in [1.54, 1.807) is 6.92 Å². The normalized spacial score (nSPS) is 9.27. The highest BCUT2D eigenvalue weighted by atomic mass is 35.5. The lowest BCUT2D eigenvalue weighted by molar-refractivity contribution is 0.0601. The number of isocyanates is 1. The molecule has 15 heavy (non-hydrogen) atoms. The molecule has 0 aliphatic rings. The van der Waals surface area contributed by atoms with E-state index in [4.69, 9.17) is 11.6 Å². The average Bonchev–Trinajstić information content (AvgIpc) is 2.22. The second-order valence-electron chi connectivity index (χ2n) is 2.81. The predicted octanol–water partition coefficient (Wildman–Crippen LogP) is 2.40. The Morgan fingerprint density at radius 1 is 1.53 bits per heavy atom. The zero-order valence-corrected chi connectivity index (χ0v) is 8.96. The average molecular weight is 226 g/mol. The summed E-state index contributed by atoms with van der Waals surface area (Å²) in [7, 11) is 1.27. The van der Waals surface area contributed by atoms with Gasteiger partial charge in [0.05, 0.1) is 23.4 Å². The van der Waals surface area contributed by atoms with E-state index in [2.05, 4.69) is 9.73 Å². The van der Waals surface area contributed by atoms with Gasteiger partial charge in [0, 0.05) is 0 Å². The maximum absolute atomic E-state index is 11.2. The zero-order chi connectivity index (χ0) is 11.4. The summed E-state index contributed by atoms with van der Waals surface area (Å²) < 4.78 is 4.54. The van der Waals surface area contributed by atoms with Crippen LogP contribution in [-0.2, 0) is 9.53 Å². The fourth-order valence-electron chi connectivity index (χ4n) is 1.11. The van der Waals surface area contributed by atoms with Gasteiger partial charge >= 0.3 is 5.97 Å². The Kier molecular flexibility index (Phi) is 3.61. The molecule has 1 aromatic rings. The number of halogens is 1. The first-order valence-electron chi connectivity index (χ1n) is 4.06. The Hall–Kier alpha value is -1.64. The minimum atomic E-state index is -0.523. The first-order chi connectivity index (χ1) is 7.10. The fourth-order valence-corrected chi connectivity index (χ4v) is 1.34. The van der Waals surface area contributed by atoms with Crippen molar-refractivity contribution in [2.24, 2.45) is 4.99 Å². The standard InChI is InChI=1S/C10H8ClNO3/c1-6-3-7(10(14)15-2)8(11)4-9(6)12-5-13/h3-4H,1-2H3. The highest BCUT2D eigenvalue weighted by Crippen LogP contribution is 2.27. The highest BCUT2D eigenvalue weighted by Gasteiger charge is 2.12. The topological polar surface area (TPSA) is 55.7 Å². The van der Waals surface area contributed by atoms with E-state index in [9.17, 15) is 9.59 Å². The van der Waals surface area contributed by atoms with E-state index < -0.39 is 5.97 Å². The lowest BCUT2D eigenvalue weighted by atomic mass is 10.1. The minimum absolute atomic E-state index is 0.196. The molecule has 0 saturated carbocycles. The number of esters is 1. The van der Waals surface area contributed by atoms with Crippen molar-refractivity contribution in [1.29, 1.82) is 0 Å². The van der Waals surface area contributed by atoms with Crippen molar-refractivity contribution in [3.63, 3.8) is 0 Å². The minimum Gasteiger partial charge on any atom is -0.465 e. The lowest BCUT2D eigenvalue weighted by Crippen LogP contribution is -2.02. The number of nitrogens with zero attached hydrogens (tertiary/aromatic N) is 1. The molecule has 0 bridgehead atoms. The van der Waals surface area contributed by atoms with Crippen molar-refractivity contribution in [1.82, 2.24) is 0 Å². The van der Waals surface area contributed by atoms with Crippen molar-refractivity contribution >= 4 is 29.3 Å². The predicted molar refractivity (Wildman–Crippen MR) is 55.3 cm³/mol. The highest BCUT2D eigenvalue weighted by molar-refractivity contribution is 6.33. The molecular weight excluding hydrogens is 218 g/mol. The maximum Gasteiger partial charge on any atom is 0.339 e. The number of benzene rings is 1. The Balaban J connectivity index is 3.31. The second kappa shape index (κ2) is 4.73. The van der Waals surface area contributed by atoms with Gasteiger partial charge in [-0.3, -0.25) is 0 Å².